The Hall–Kier alpha value is -0.780. The Bertz CT molecular complexity index is 219. The van der Waals surface area contributed by atoms with Gasteiger partial charge in [0.25, 0.3) is 0 Å². The second-order valence-corrected chi connectivity index (χ2v) is 4.21. The van der Waals surface area contributed by atoms with Gasteiger partial charge in [0.15, 0.2) is 0 Å². The van der Waals surface area contributed by atoms with E-state index in [1.54, 1.807) is 0 Å². The first-order valence-corrected chi connectivity index (χ1v) is 5.84. The van der Waals surface area contributed by atoms with Crippen molar-refractivity contribution in [1.82, 2.24) is 0 Å². The van der Waals surface area contributed by atoms with Crippen LogP contribution in [-0.2, 0) is 0 Å². The van der Waals surface area contributed by atoms with Gasteiger partial charge in [0.1, 0.15) is 0 Å². The zero-order valence-corrected chi connectivity index (χ0v) is 9.50. The van der Waals surface area contributed by atoms with Gasteiger partial charge in [-0.3, -0.25) is 0 Å². The lowest BCUT2D eigenvalue weighted by Crippen LogP contribution is -1.86. The summed E-state index contributed by atoms with van der Waals surface area (Å²) in [5.74, 6) is 1.10. The van der Waals surface area contributed by atoms with Gasteiger partial charge in [0, 0.05) is 0 Å². The highest BCUT2D eigenvalue weighted by Crippen LogP contribution is 2.26. The van der Waals surface area contributed by atoms with E-state index in [0.29, 0.717) is 0 Å². The standard InChI is InChI=1S/C7H8.C7H14/c1-7-5-3-2-4-6-7;1-2-7-5-3-4-6-7/h2-6H,1H3;7H,2-6H2,1H3. The zero-order valence-electron chi connectivity index (χ0n) is 9.50. The molecule has 0 radical (unpaired) electrons. The second-order valence-electron chi connectivity index (χ2n) is 4.21. The van der Waals surface area contributed by atoms with Crippen LogP contribution in [0.2, 0.25) is 0 Å². The first kappa shape index (κ1) is 11.3. The van der Waals surface area contributed by atoms with Crippen molar-refractivity contribution in [2.24, 2.45) is 5.92 Å². The lowest BCUT2D eigenvalue weighted by molar-refractivity contribution is 0.531. The molecule has 2 rings (SSSR count). The van der Waals surface area contributed by atoms with Crippen LogP contribution in [0, 0.1) is 12.8 Å². The topological polar surface area (TPSA) is 0 Å². The van der Waals surface area contributed by atoms with E-state index in [9.17, 15) is 0 Å². The van der Waals surface area contributed by atoms with Gasteiger partial charge < -0.3 is 0 Å². The summed E-state index contributed by atoms with van der Waals surface area (Å²) in [6.07, 6.45) is 7.43. The minimum atomic E-state index is 1.10. The van der Waals surface area contributed by atoms with Crippen molar-refractivity contribution in [2.45, 2.75) is 46.0 Å². The van der Waals surface area contributed by atoms with Crippen molar-refractivity contribution in [1.29, 1.82) is 0 Å². The second kappa shape index (κ2) is 6.64. The molecule has 1 fully saturated rings. The van der Waals surface area contributed by atoms with Gasteiger partial charge in [-0.2, -0.15) is 0 Å². The van der Waals surface area contributed by atoms with Crippen LogP contribution in [0.4, 0.5) is 0 Å². The van der Waals surface area contributed by atoms with E-state index >= 15 is 0 Å². The molecule has 1 aliphatic carbocycles. The smallest absolute Gasteiger partial charge is 0.0398 e. The van der Waals surface area contributed by atoms with Crippen LogP contribution in [0.3, 0.4) is 0 Å². The number of benzene rings is 1. The molecule has 1 saturated carbocycles. The lowest BCUT2D eigenvalue weighted by atomic mass is 10.1. The molecule has 0 unspecified atom stereocenters. The van der Waals surface area contributed by atoms with Crippen molar-refractivity contribution >= 4 is 0 Å². The normalized spacial score (nSPS) is 16.1. The number of hydrogen-bond donors (Lipinski definition) is 0. The largest absolute Gasteiger partial charge is 0.0651 e. The van der Waals surface area contributed by atoms with E-state index < -0.39 is 0 Å². The molecule has 0 spiro atoms. The fraction of sp³-hybridized carbons (Fsp3) is 0.571. The molecule has 0 nitrogen and oxygen atoms in total. The summed E-state index contributed by atoms with van der Waals surface area (Å²) in [6.45, 7) is 4.38. The third-order valence-electron chi connectivity index (χ3n) is 2.99. The average Bonchev–Trinajstić information content (AvgIpc) is 2.72. The van der Waals surface area contributed by atoms with Gasteiger partial charge in [-0.15, -0.1) is 0 Å². The Labute approximate surface area is 88.4 Å². The summed E-state index contributed by atoms with van der Waals surface area (Å²) < 4.78 is 0. The van der Waals surface area contributed by atoms with Crippen LogP contribution in [0.1, 0.15) is 44.6 Å². The van der Waals surface area contributed by atoms with Crippen molar-refractivity contribution < 1.29 is 0 Å². The first-order valence-electron chi connectivity index (χ1n) is 5.84. The molecule has 0 heteroatoms. The lowest BCUT2D eigenvalue weighted by Gasteiger charge is -1.99. The van der Waals surface area contributed by atoms with Gasteiger partial charge in [0.2, 0.25) is 0 Å². The highest BCUT2D eigenvalue weighted by molar-refractivity contribution is 5.11. The monoisotopic (exact) mass is 190 g/mol. The van der Waals surface area contributed by atoms with Crippen LogP contribution in [0.5, 0.6) is 0 Å². The minimum Gasteiger partial charge on any atom is -0.0651 e. The highest BCUT2D eigenvalue weighted by Gasteiger charge is 2.11. The molecule has 0 aromatic heterocycles. The van der Waals surface area contributed by atoms with Crippen LogP contribution in [-0.4, -0.2) is 0 Å². The maximum absolute atomic E-state index is 2.30. The molecule has 0 atom stereocenters. The predicted octanol–water partition coefficient (Wildman–Crippen LogP) is 4.58. The van der Waals surface area contributed by atoms with Gasteiger partial charge in [-0.05, 0) is 12.8 Å². The molecular weight excluding hydrogens is 168 g/mol. The molecule has 0 bridgehead atoms. The van der Waals surface area contributed by atoms with Crippen molar-refractivity contribution in [3.8, 4) is 0 Å². The first-order chi connectivity index (χ1) is 6.83. The van der Waals surface area contributed by atoms with E-state index in [1.807, 2.05) is 18.2 Å². The van der Waals surface area contributed by atoms with Crippen molar-refractivity contribution in [2.75, 3.05) is 0 Å². The molecule has 1 aliphatic rings. The fourth-order valence-electron chi connectivity index (χ4n) is 1.95. The minimum absolute atomic E-state index is 1.10. The third kappa shape index (κ3) is 4.45. The Morgan fingerprint density at radius 3 is 1.93 bits per heavy atom. The maximum atomic E-state index is 2.30. The molecular formula is C14H22. The molecule has 1 aromatic rings. The molecule has 0 amide bonds. The molecule has 0 heterocycles. The predicted molar refractivity (Wildman–Crippen MR) is 63.4 cm³/mol. The highest BCUT2D eigenvalue weighted by atomic mass is 14.2. The number of rotatable bonds is 1. The van der Waals surface area contributed by atoms with Crippen LogP contribution in [0.25, 0.3) is 0 Å². The van der Waals surface area contributed by atoms with Gasteiger partial charge in [-0.25, -0.2) is 0 Å². The molecule has 0 aliphatic heterocycles. The SMILES string of the molecule is CCC1CCCC1.Cc1ccccc1. The van der Waals surface area contributed by atoms with Crippen LogP contribution < -0.4 is 0 Å². The summed E-state index contributed by atoms with van der Waals surface area (Å²) in [5, 5.41) is 0. The van der Waals surface area contributed by atoms with Crippen LogP contribution >= 0.6 is 0 Å². The van der Waals surface area contributed by atoms with Crippen molar-refractivity contribution in [3.63, 3.8) is 0 Å². The number of hydrogen-bond acceptors (Lipinski definition) is 0. The van der Waals surface area contributed by atoms with Gasteiger partial charge in [0.05, 0.1) is 0 Å². The molecule has 14 heavy (non-hydrogen) atoms. The van der Waals surface area contributed by atoms with E-state index in [1.165, 1.54) is 37.7 Å². The summed E-state index contributed by atoms with van der Waals surface area (Å²) >= 11 is 0. The van der Waals surface area contributed by atoms with Gasteiger partial charge >= 0.3 is 0 Å². The van der Waals surface area contributed by atoms with E-state index in [0.717, 1.165) is 5.92 Å². The summed E-state index contributed by atoms with van der Waals surface area (Å²) in [7, 11) is 0. The van der Waals surface area contributed by atoms with Crippen molar-refractivity contribution in [3.05, 3.63) is 35.9 Å². The maximum Gasteiger partial charge on any atom is -0.0398 e. The van der Waals surface area contributed by atoms with E-state index in [2.05, 4.69) is 26.0 Å². The third-order valence-corrected chi connectivity index (χ3v) is 2.99. The van der Waals surface area contributed by atoms with E-state index in [4.69, 9.17) is 0 Å². The van der Waals surface area contributed by atoms with Crippen LogP contribution in [0.15, 0.2) is 30.3 Å². The molecule has 78 valence electrons. The summed E-state index contributed by atoms with van der Waals surface area (Å²) in [4.78, 5) is 0. The number of aryl methyl sites for hydroxylation is 1. The fourth-order valence-corrected chi connectivity index (χ4v) is 1.95. The summed E-state index contributed by atoms with van der Waals surface area (Å²) in [5.41, 5.74) is 1.32. The Kier molecular flexibility index (Phi) is 5.36. The van der Waals surface area contributed by atoms with E-state index in [-0.39, 0.29) is 0 Å². The molecule has 0 N–H and O–H groups in total. The zero-order chi connectivity index (χ0) is 10.2. The summed E-state index contributed by atoms with van der Waals surface area (Å²) in [6, 6.07) is 10.3. The Morgan fingerprint density at radius 2 is 1.64 bits per heavy atom. The van der Waals surface area contributed by atoms with Gasteiger partial charge in [-0.1, -0.05) is 74.9 Å². The quantitative estimate of drug-likeness (QED) is 0.608. The Balaban J connectivity index is 0.000000140. The average molecular weight is 190 g/mol. The molecule has 1 aromatic carbocycles. The molecule has 0 saturated heterocycles. The Morgan fingerprint density at radius 1 is 1.07 bits per heavy atom.